The molecule has 4 rings (SSSR count). The van der Waals surface area contributed by atoms with Crippen molar-refractivity contribution >= 4 is 15.9 Å². The molecule has 2 aliphatic heterocycles. The number of benzene rings is 1. The predicted octanol–water partition coefficient (Wildman–Crippen LogP) is 1.36. The molecule has 0 N–H and O–H groups in total. The maximum absolute atomic E-state index is 13.1. The molecule has 3 heterocycles. The van der Waals surface area contributed by atoms with E-state index in [1.54, 1.807) is 45.4 Å². The van der Waals surface area contributed by atoms with E-state index in [-0.39, 0.29) is 5.91 Å². The minimum Gasteiger partial charge on any atom is -0.352 e. The molecule has 1 aromatic heterocycles. The fourth-order valence-electron chi connectivity index (χ4n) is 4.23. The van der Waals surface area contributed by atoms with Crippen molar-refractivity contribution in [2.24, 2.45) is 0 Å². The Bertz CT molecular complexity index is 1020. The quantitative estimate of drug-likeness (QED) is 0.751. The van der Waals surface area contributed by atoms with Gasteiger partial charge < -0.3 is 14.2 Å². The zero-order valence-electron chi connectivity index (χ0n) is 16.9. The number of fused-ring (bicyclic) bond motifs is 2. The molecule has 1 amide bonds. The Labute approximate surface area is 171 Å². The van der Waals surface area contributed by atoms with Crippen LogP contribution < -0.4 is 0 Å². The average molecular weight is 419 g/mol. The Hall–Kier alpha value is -2.23. The molecule has 1 fully saturated rings. The lowest BCUT2D eigenvalue weighted by atomic mass is 9.89. The van der Waals surface area contributed by atoms with E-state index >= 15 is 0 Å². The van der Waals surface area contributed by atoms with E-state index in [4.69, 9.17) is 4.74 Å². The third-order valence-electron chi connectivity index (χ3n) is 5.81. The summed E-state index contributed by atoms with van der Waals surface area (Å²) in [7, 11) is -0.165. The highest BCUT2D eigenvalue weighted by molar-refractivity contribution is 7.89. The first-order valence-corrected chi connectivity index (χ1v) is 11.1. The molecular formula is C20H26N4O4S. The number of sulfonamides is 1. The van der Waals surface area contributed by atoms with Crippen molar-refractivity contribution in [1.82, 2.24) is 18.8 Å². The number of likely N-dealkylation sites (N-methyl/N-ethyl adjacent to an activating group) is 1. The minimum atomic E-state index is -3.58. The summed E-state index contributed by atoms with van der Waals surface area (Å²) in [4.78, 5) is 18.9. The van der Waals surface area contributed by atoms with Crippen molar-refractivity contribution in [1.29, 1.82) is 0 Å². The summed E-state index contributed by atoms with van der Waals surface area (Å²) < 4.78 is 36.1. The molecule has 1 saturated heterocycles. The van der Waals surface area contributed by atoms with Crippen molar-refractivity contribution in [2.45, 2.75) is 42.9 Å². The van der Waals surface area contributed by atoms with Gasteiger partial charge in [-0.3, -0.25) is 4.79 Å². The standard InChI is InChI=1S/C20H26N4O4S/c1-15-6-4-5-7-17(15)29(26,27)24-11-8-20(9-12-24)19-21-10-13-23(19)14-16(28-20)18(25)22(2)3/h4-7,10,13,16H,8-9,11-12,14H2,1-3H3. The smallest absolute Gasteiger partial charge is 0.253 e. The zero-order chi connectivity index (χ0) is 20.8. The normalized spacial score (nSPS) is 21.7. The summed E-state index contributed by atoms with van der Waals surface area (Å²) in [5.41, 5.74) is -0.0237. The van der Waals surface area contributed by atoms with Crippen LogP contribution >= 0.6 is 0 Å². The lowest BCUT2D eigenvalue weighted by molar-refractivity contribution is -0.177. The van der Waals surface area contributed by atoms with Gasteiger partial charge in [0.15, 0.2) is 6.10 Å². The van der Waals surface area contributed by atoms with Gasteiger partial charge in [-0.2, -0.15) is 4.31 Å². The number of hydrogen-bond acceptors (Lipinski definition) is 5. The molecule has 0 bridgehead atoms. The first kappa shape index (κ1) is 20.1. The van der Waals surface area contributed by atoms with E-state index in [1.807, 2.05) is 16.8 Å². The number of rotatable bonds is 3. The van der Waals surface area contributed by atoms with E-state index < -0.39 is 21.7 Å². The fraction of sp³-hybridized carbons (Fsp3) is 0.500. The molecule has 2 aliphatic rings. The zero-order valence-corrected chi connectivity index (χ0v) is 17.7. The largest absolute Gasteiger partial charge is 0.352 e. The van der Waals surface area contributed by atoms with Gasteiger partial charge in [-0.25, -0.2) is 13.4 Å². The lowest BCUT2D eigenvalue weighted by Gasteiger charge is -2.45. The number of carbonyl (C=O) groups is 1. The van der Waals surface area contributed by atoms with Gasteiger partial charge in [0.1, 0.15) is 11.4 Å². The number of aromatic nitrogens is 2. The molecule has 1 aromatic carbocycles. The molecule has 1 spiro atoms. The van der Waals surface area contributed by atoms with Crippen molar-refractivity contribution < 1.29 is 17.9 Å². The van der Waals surface area contributed by atoms with Crippen LogP contribution in [0.4, 0.5) is 0 Å². The maximum Gasteiger partial charge on any atom is 0.253 e. The van der Waals surface area contributed by atoms with Crippen LogP contribution in [-0.2, 0) is 31.7 Å². The second-order valence-electron chi connectivity index (χ2n) is 7.91. The second-order valence-corrected chi connectivity index (χ2v) is 9.81. The topological polar surface area (TPSA) is 84.7 Å². The molecule has 9 heteroatoms. The molecule has 156 valence electrons. The van der Waals surface area contributed by atoms with Gasteiger partial charge in [0.05, 0.1) is 11.4 Å². The number of hydrogen-bond donors (Lipinski definition) is 0. The Kier molecular flexibility index (Phi) is 5.00. The van der Waals surface area contributed by atoms with E-state index in [9.17, 15) is 13.2 Å². The Morgan fingerprint density at radius 3 is 2.59 bits per heavy atom. The van der Waals surface area contributed by atoms with E-state index in [0.29, 0.717) is 37.4 Å². The molecule has 0 radical (unpaired) electrons. The fourth-order valence-corrected chi connectivity index (χ4v) is 5.89. The van der Waals surface area contributed by atoms with Crippen LogP contribution in [0, 0.1) is 6.92 Å². The maximum atomic E-state index is 13.1. The van der Waals surface area contributed by atoms with Crippen molar-refractivity contribution in [3.8, 4) is 0 Å². The molecule has 8 nitrogen and oxygen atoms in total. The highest BCUT2D eigenvalue weighted by atomic mass is 32.2. The van der Waals surface area contributed by atoms with E-state index in [0.717, 1.165) is 11.4 Å². The van der Waals surface area contributed by atoms with Crippen molar-refractivity contribution in [3.63, 3.8) is 0 Å². The number of ether oxygens (including phenoxy) is 1. The SMILES string of the molecule is Cc1ccccc1S(=O)(=O)N1CCC2(CC1)OC(C(=O)N(C)C)Cn1ccnc12. The Balaban J connectivity index is 1.60. The molecular weight excluding hydrogens is 392 g/mol. The highest BCUT2D eigenvalue weighted by Gasteiger charge is 2.48. The van der Waals surface area contributed by atoms with Crippen LogP contribution in [-0.4, -0.2) is 66.4 Å². The predicted molar refractivity (Wildman–Crippen MR) is 107 cm³/mol. The van der Waals surface area contributed by atoms with Crippen molar-refractivity contribution in [2.75, 3.05) is 27.2 Å². The average Bonchev–Trinajstić information content (AvgIpc) is 3.17. The molecule has 29 heavy (non-hydrogen) atoms. The number of aryl methyl sites for hydroxylation is 1. The summed E-state index contributed by atoms with van der Waals surface area (Å²) in [6.07, 6.45) is 3.86. The van der Waals surface area contributed by atoms with Crippen LogP contribution in [0.1, 0.15) is 24.2 Å². The first-order valence-electron chi connectivity index (χ1n) is 9.71. The van der Waals surface area contributed by atoms with E-state index in [1.165, 1.54) is 9.21 Å². The van der Waals surface area contributed by atoms with Crippen molar-refractivity contribution in [3.05, 3.63) is 48.0 Å². The van der Waals surface area contributed by atoms with Gasteiger partial charge in [-0.05, 0) is 31.4 Å². The number of carbonyl (C=O) groups excluding carboxylic acids is 1. The third-order valence-corrected chi connectivity index (χ3v) is 7.87. The summed E-state index contributed by atoms with van der Waals surface area (Å²) in [5.74, 6) is 0.673. The molecule has 2 aromatic rings. The van der Waals surface area contributed by atoms with Gasteiger partial charge in [0.25, 0.3) is 5.91 Å². The third kappa shape index (κ3) is 3.37. The van der Waals surface area contributed by atoms with Crippen LogP contribution in [0.2, 0.25) is 0 Å². The van der Waals surface area contributed by atoms with Crippen LogP contribution in [0.15, 0.2) is 41.6 Å². The molecule has 0 saturated carbocycles. The minimum absolute atomic E-state index is 0.0984. The van der Waals surface area contributed by atoms with Gasteiger partial charge in [-0.15, -0.1) is 0 Å². The summed E-state index contributed by atoms with van der Waals surface area (Å²) in [6.45, 7) is 2.84. The number of nitrogens with zero attached hydrogens (tertiary/aromatic N) is 4. The second kappa shape index (κ2) is 7.23. The number of imidazole rings is 1. The lowest BCUT2D eigenvalue weighted by Crippen LogP contribution is -2.54. The van der Waals surface area contributed by atoms with Gasteiger partial charge in [-0.1, -0.05) is 18.2 Å². The summed E-state index contributed by atoms with van der Waals surface area (Å²) >= 11 is 0. The Morgan fingerprint density at radius 2 is 1.93 bits per heavy atom. The monoisotopic (exact) mass is 418 g/mol. The summed E-state index contributed by atoms with van der Waals surface area (Å²) in [6, 6.07) is 7.02. The summed E-state index contributed by atoms with van der Waals surface area (Å²) in [5, 5.41) is 0. The van der Waals surface area contributed by atoms with E-state index in [2.05, 4.69) is 4.98 Å². The first-order chi connectivity index (χ1) is 13.7. The van der Waals surface area contributed by atoms with Gasteiger partial charge in [0.2, 0.25) is 10.0 Å². The number of piperidine rings is 1. The van der Waals surface area contributed by atoms with Gasteiger partial charge >= 0.3 is 0 Å². The molecule has 1 unspecified atom stereocenters. The molecule has 1 atom stereocenters. The van der Waals surface area contributed by atoms with Crippen LogP contribution in [0.25, 0.3) is 0 Å². The van der Waals surface area contributed by atoms with Crippen LogP contribution in [0.3, 0.4) is 0 Å². The Morgan fingerprint density at radius 1 is 1.24 bits per heavy atom. The number of amides is 1. The van der Waals surface area contributed by atoms with Gasteiger partial charge in [0, 0.05) is 39.6 Å². The molecule has 0 aliphatic carbocycles. The highest BCUT2D eigenvalue weighted by Crippen LogP contribution is 2.41. The van der Waals surface area contributed by atoms with Crippen LogP contribution in [0.5, 0.6) is 0 Å².